The van der Waals surface area contributed by atoms with Crippen LogP contribution in [0.25, 0.3) is 6.20 Å². The van der Waals surface area contributed by atoms with Crippen LogP contribution in [0.3, 0.4) is 0 Å². The number of nitrogen functional groups attached to an aromatic ring is 1. The van der Waals surface area contributed by atoms with Gasteiger partial charge in [0.15, 0.2) is 17.2 Å². The Labute approximate surface area is 179 Å². The summed E-state index contributed by atoms with van der Waals surface area (Å²) in [7, 11) is 1.30. The van der Waals surface area contributed by atoms with Crippen LogP contribution in [0.4, 0.5) is 15.0 Å². The first kappa shape index (κ1) is 24.3. The van der Waals surface area contributed by atoms with Crippen molar-refractivity contribution in [2.24, 2.45) is 11.3 Å². The lowest BCUT2D eigenvalue weighted by Gasteiger charge is -2.46. The fraction of sp³-hybridized carbons (Fsp3) is 0.600. The van der Waals surface area contributed by atoms with Crippen LogP contribution in [0.5, 0.6) is 0 Å². The van der Waals surface area contributed by atoms with Gasteiger partial charge >= 0.3 is 17.8 Å². The van der Waals surface area contributed by atoms with Gasteiger partial charge < -0.3 is 20.7 Å². The number of nitrogens with zero attached hydrogens (tertiary/aromatic N) is 3. The Morgan fingerprint density at radius 3 is 2.48 bits per heavy atom. The van der Waals surface area contributed by atoms with E-state index in [-0.39, 0.29) is 6.42 Å². The Morgan fingerprint density at radius 1 is 1.45 bits per heavy atom. The highest BCUT2D eigenvalue weighted by molar-refractivity contribution is 5.88. The first-order chi connectivity index (χ1) is 14.1. The molecular formula is C20H29FN4O6. The predicted molar refractivity (Wildman–Crippen MR) is 110 cm³/mol. The van der Waals surface area contributed by atoms with Crippen LogP contribution in [-0.2, 0) is 9.53 Å². The molecule has 4 N–H and O–H groups in total. The van der Waals surface area contributed by atoms with Crippen molar-refractivity contribution in [2.75, 3.05) is 19.4 Å². The van der Waals surface area contributed by atoms with Gasteiger partial charge in [0.05, 0.1) is 18.2 Å². The van der Waals surface area contributed by atoms with Crippen molar-refractivity contribution < 1.29 is 28.9 Å². The minimum Gasteiger partial charge on any atom is -0.479 e. The number of halogens is 1. The molecule has 11 heteroatoms. The van der Waals surface area contributed by atoms with Crippen molar-refractivity contribution in [3.05, 3.63) is 28.1 Å². The summed E-state index contributed by atoms with van der Waals surface area (Å²) >= 11 is 0. The monoisotopic (exact) mass is 440 g/mol. The van der Waals surface area contributed by atoms with Gasteiger partial charge in [-0.15, -0.1) is 0 Å². The van der Waals surface area contributed by atoms with Crippen molar-refractivity contribution in [2.45, 2.75) is 52.2 Å². The number of aliphatic hydroxyl groups excluding tert-OH is 1. The predicted octanol–water partition coefficient (Wildman–Crippen LogP) is 1.53. The second kappa shape index (κ2) is 7.95. The highest BCUT2D eigenvalue weighted by Crippen LogP contribution is 2.63. The molecule has 0 spiro atoms. The summed E-state index contributed by atoms with van der Waals surface area (Å²) in [6, 6.07) is 0. The average molecular weight is 440 g/mol. The van der Waals surface area contributed by atoms with Crippen molar-refractivity contribution in [1.82, 2.24) is 14.5 Å². The maximum atomic E-state index is 13.8. The number of carboxylic acids is 1. The Hall–Kier alpha value is -2.95. The number of carbonyl (C=O) groups is 2. The topological polar surface area (TPSA) is 148 Å². The van der Waals surface area contributed by atoms with E-state index in [1.54, 1.807) is 34.6 Å². The van der Waals surface area contributed by atoms with Crippen molar-refractivity contribution in [1.29, 1.82) is 0 Å². The molecule has 1 saturated carbocycles. The van der Waals surface area contributed by atoms with Gasteiger partial charge in [-0.3, -0.25) is 9.47 Å². The molecule has 1 aromatic heterocycles. The fourth-order valence-electron chi connectivity index (χ4n) is 4.16. The lowest BCUT2D eigenvalue weighted by atomic mass is 9.71. The Balaban J connectivity index is 2.63. The van der Waals surface area contributed by atoms with Gasteiger partial charge in [0.2, 0.25) is 0 Å². The Morgan fingerprint density at radius 2 is 2.03 bits per heavy atom. The first-order valence-electron chi connectivity index (χ1n) is 9.70. The summed E-state index contributed by atoms with van der Waals surface area (Å²) in [5.74, 6) is -3.50. The van der Waals surface area contributed by atoms with Crippen LogP contribution in [0.15, 0.2) is 16.6 Å². The third-order valence-electron chi connectivity index (χ3n) is 5.57. The summed E-state index contributed by atoms with van der Waals surface area (Å²) < 4.78 is 20.0. The summed E-state index contributed by atoms with van der Waals surface area (Å²) in [4.78, 5) is 41.9. The molecule has 1 amide bonds. The number of ether oxygens (including phenoxy) is 1. The first-order valence-corrected chi connectivity index (χ1v) is 9.70. The zero-order valence-corrected chi connectivity index (χ0v) is 18.5. The van der Waals surface area contributed by atoms with Crippen LogP contribution < -0.4 is 11.4 Å². The quantitative estimate of drug-likeness (QED) is 0.603. The third-order valence-corrected chi connectivity index (χ3v) is 5.57. The molecule has 2 atom stereocenters. The number of hydrogen-bond donors (Lipinski definition) is 3. The van der Waals surface area contributed by atoms with Gasteiger partial charge in [-0.2, -0.15) is 4.98 Å². The van der Waals surface area contributed by atoms with E-state index >= 15 is 0 Å². The number of anilines is 1. The van der Waals surface area contributed by atoms with Crippen LogP contribution >= 0.6 is 0 Å². The zero-order chi connectivity index (χ0) is 23.9. The van der Waals surface area contributed by atoms with Crippen LogP contribution in [0.1, 0.15) is 41.0 Å². The van der Waals surface area contributed by atoms with Crippen LogP contribution in [0, 0.1) is 17.2 Å². The molecule has 0 aliphatic heterocycles. The van der Waals surface area contributed by atoms with Gasteiger partial charge in [0.1, 0.15) is 5.60 Å². The molecule has 1 aromatic rings. The molecule has 1 heterocycles. The van der Waals surface area contributed by atoms with E-state index in [1.807, 2.05) is 0 Å². The van der Waals surface area contributed by atoms with Gasteiger partial charge in [-0.1, -0.05) is 13.8 Å². The molecule has 1 aliphatic rings. The van der Waals surface area contributed by atoms with E-state index in [9.17, 15) is 29.0 Å². The molecule has 0 aromatic carbocycles. The second-order valence-corrected chi connectivity index (χ2v) is 9.00. The third kappa shape index (κ3) is 4.01. The highest BCUT2D eigenvalue weighted by Gasteiger charge is 2.71. The van der Waals surface area contributed by atoms with Gasteiger partial charge in [-0.25, -0.2) is 18.8 Å². The zero-order valence-electron chi connectivity index (χ0n) is 18.5. The minimum absolute atomic E-state index is 0.0551. The van der Waals surface area contributed by atoms with Gasteiger partial charge in [0, 0.05) is 13.2 Å². The van der Waals surface area contributed by atoms with Crippen molar-refractivity contribution >= 4 is 24.1 Å². The molecule has 31 heavy (non-hydrogen) atoms. The number of likely N-dealkylation sites (N-methyl/N-ethyl adjacent to an activating group) is 1. The Bertz CT molecular complexity index is 983. The molecule has 0 saturated heterocycles. The number of carboxylic acid groups (broad SMARTS) is 1. The number of carbonyl (C=O) groups excluding carboxylic acids is 1. The van der Waals surface area contributed by atoms with Crippen LogP contribution in [0.2, 0.25) is 0 Å². The number of hydrogen-bond acceptors (Lipinski definition) is 7. The van der Waals surface area contributed by atoms with E-state index in [4.69, 9.17) is 10.5 Å². The smallest absolute Gasteiger partial charge is 0.411 e. The number of amides is 1. The molecule has 1 fully saturated rings. The number of aromatic nitrogens is 2. The minimum atomic E-state index is -1.90. The number of nitrogens with two attached hydrogens (primary N) is 1. The fourth-order valence-corrected chi connectivity index (χ4v) is 4.16. The maximum Gasteiger partial charge on any atom is 0.411 e. The van der Waals surface area contributed by atoms with E-state index in [1.165, 1.54) is 13.2 Å². The molecular weight excluding hydrogens is 411 g/mol. The number of rotatable bonds is 6. The SMILES string of the molecule is CC(C)[C@@](C(=O)O)(N(C)C(=O)OC(C)(C)C)[C@@]1(CO)C/C1=C/n1cc(F)c(N)nc1=O. The molecule has 0 radical (unpaired) electrons. The molecule has 2 rings (SSSR count). The van der Waals surface area contributed by atoms with E-state index in [0.29, 0.717) is 5.57 Å². The standard InChI is InChI=1S/C20H29FN4O6/c1-11(2)20(15(27)28,24(6)17(30)31-18(3,4)5)19(10-26)7-12(19)8-25-9-13(21)14(22)23-16(25)29/h8-9,11,26H,7,10H2,1-6H3,(H,27,28)(H2,22,23,29)/b12-8-/t19-,20+/m1/s1. The van der Waals surface area contributed by atoms with Crippen molar-refractivity contribution in [3.63, 3.8) is 0 Å². The molecule has 1 aliphatic carbocycles. The van der Waals surface area contributed by atoms with E-state index in [0.717, 1.165) is 15.7 Å². The number of aliphatic hydroxyl groups is 1. The summed E-state index contributed by atoms with van der Waals surface area (Å²) in [6.45, 7) is 7.54. The lowest BCUT2D eigenvalue weighted by molar-refractivity contribution is -0.161. The van der Waals surface area contributed by atoms with Gasteiger partial charge in [0.25, 0.3) is 0 Å². The maximum absolute atomic E-state index is 13.8. The average Bonchev–Trinajstić information content (AvgIpc) is 3.32. The highest BCUT2D eigenvalue weighted by atomic mass is 19.1. The molecule has 0 bridgehead atoms. The molecule has 10 nitrogen and oxygen atoms in total. The summed E-state index contributed by atoms with van der Waals surface area (Å²) in [6.07, 6.45) is 1.23. The molecule has 0 unspecified atom stereocenters. The number of aliphatic carboxylic acids is 1. The Kier molecular flexibility index (Phi) is 6.24. The van der Waals surface area contributed by atoms with Gasteiger partial charge in [-0.05, 0) is 38.7 Å². The van der Waals surface area contributed by atoms with E-state index in [2.05, 4.69) is 4.98 Å². The van der Waals surface area contributed by atoms with Crippen molar-refractivity contribution in [3.8, 4) is 0 Å². The molecule has 172 valence electrons. The summed E-state index contributed by atoms with van der Waals surface area (Å²) in [5.41, 5.74) is 0.572. The summed E-state index contributed by atoms with van der Waals surface area (Å²) in [5, 5.41) is 20.6. The normalized spacial score (nSPS) is 21.6. The van der Waals surface area contributed by atoms with Crippen LogP contribution in [-0.4, -0.2) is 61.5 Å². The largest absolute Gasteiger partial charge is 0.479 e. The van der Waals surface area contributed by atoms with E-state index < -0.39 is 58.5 Å². The lowest BCUT2D eigenvalue weighted by Crippen LogP contribution is -2.65. The second-order valence-electron chi connectivity index (χ2n) is 9.00.